The van der Waals surface area contributed by atoms with E-state index in [1.54, 1.807) is 6.07 Å². The molecule has 0 amide bonds. The van der Waals surface area contributed by atoms with Crippen molar-refractivity contribution >= 4 is 5.97 Å². The molecular weight excluding hydrogens is 168 g/mol. The zero-order chi connectivity index (χ0) is 9.68. The van der Waals surface area contributed by atoms with Crippen LogP contribution in [0, 0.1) is 6.92 Å². The highest BCUT2D eigenvalue weighted by atomic mass is 16.6. The average molecular weight is 180 g/mol. The second kappa shape index (κ2) is 4.62. The quantitative estimate of drug-likeness (QED) is 0.523. The highest BCUT2D eigenvalue weighted by Gasteiger charge is 2.04. The van der Waals surface area contributed by atoms with Gasteiger partial charge in [-0.3, -0.25) is 0 Å². The van der Waals surface area contributed by atoms with Crippen molar-refractivity contribution < 1.29 is 14.3 Å². The Labute approximate surface area is 77.3 Å². The second-order valence-electron chi connectivity index (χ2n) is 2.67. The van der Waals surface area contributed by atoms with Crippen LogP contribution in [0.1, 0.15) is 5.56 Å². The van der Waals surface area contributed by atoms with Crippen LogP contribution in [-0.4, -0.2) is 19.7 Å². The van der Waals surface area contributed by atoms with Gasteiger partial charge >= 0.3 is 5.97 Å². The van der Waals surface area contributed by atoms with Crippen LogP contribution < -0.4 is 4.74 Å². The number of methoxy groups -OCH3 is 1. The maximum Gasteiger partial charge on any atom is 0.337 e. The zero-order valence-electron chi connectivity index (χ0n) is 7.74. The number of rotatable bonds is 3. The average Bonchev–Trinajstić information content (AvgIpc) is 2.09. The van der Waals surface area contributed by atoms with Gasteiger partial charge in [-0.2, -0.15) is 0 Å². The number of esters is 1. The third-order valence-electron chi connectivity index (χ3n) is 1.58. The Morgan fingerprint density at radius 3 is 2.69 bits per heavy atom. The molecule has 0 aromatic heterocycles. The second-order valence-corrected chi connectivity index (χ2v) is 2.67. The van der Waals surface area contributed by atoms with E-state index in [9.17, 15) is 4.79 Å². The maximum absolute atomic E-state index is 11.0. The smallest absolute Gasteiger partial charge is 0.337 e. The lowest BCUT2D eigenvalue weighted by atomic mass is 10.2. The van der Waals surface area contributed by atoms with Crippen LogP contribution in [0.3, 0.4) is 0 Å². The molecule has 3 heteroatoms. The first kappa shape index (κ1) is 9.74. The Kier molecular flexibility index (Phi) is 3.46. The molecule has 0 fully saturated rings. The monoisotopic (exact) mass is 180 g/mol. The minimum atomic E-state index is -0.378. The number of carbonyl (C=O) groups excluding carboxylic acids is 1. The van der Waals surface area contributed by atoms with Crippen LogP contribution in [0.15, 0.2) is 24.3 Å². The lowest BCUT2D eigenvalue weighted by Gasteiger charge is -2.05. The van der Waals surface area contributed by atoms with Gasteiger partial charge in [-0.05, 0) is 18.6 Å². The molecule has 0 saturated carbocycles. The van der Waals surface area contributed by atoms with Crippen LogP contribution in [0.5, 0.6) is 5.75 Å². The van der Waals surface area contributed by atoms with Gasteiger partial charge in [0.2, 0.25) is 0 Å². The molecule has 0 aliphatic rings. The summed E-state index contributed by atoms with van der Waals surface area (Å²) >= 11 is 0. The number of para-hydroxylation sites is 1. The van der Waals surface area contributed by atoms with Crippen molar-refractivity contribution in [2.24, 2.45) is 0 Å². The summed E-state index contributed by atoms with van der Waals surface area (Å²) in [7, 11) is 1.46. The van der Waals surface area contributed by atoms with Crippen molar-refractivity contribution in [3.63, 3.8) is 0 Å². The highest BCUT2D eigenvalue weighted by Crippen LogP contribution is 2.15. The predicted molar refractivity (Wildman–Crippen MR) is 48.7 cm³/mol. The third-order valence-corrected chi connectivity index (χ3v) is 1.58. The van der Waals surface area contributed by atoms with Gasteiger partial charge in [0.15, 0.2) is 0 Å². The van der Waals surface area contributed by atoms with Crippen molar-refractivity contribution in [3.05, 3.63) is 29.8 Å². The van der Waals surface area contributed by atoms with E-state index >= 15 is 0 Å². The van der Waals surface area contributed by atoms with E-state index in [1.807, 2.05) is 25.1 Å². The Morgan fingerprint density at radius 2 is 2.08 bits per heavy atom. The number of hydrogen-bond donors (Lipinski definition) is 0. The summed E-state index contributed by atoms with van der Waals surface area (Å²) in [6, 6.07) is 7.35. The first-order valence-electron chi connectivity index (χ1n) is 3.99. The summed E-state index contributed by atoms with van der Waals surface area (Å²) in [5.41, 5.74) is 0.937. The van der Waals surface area contributed by atoms with E-state index in [1.165, 1.54) is 7.11 Å². The molecule has 0 N–H and O–H groups in total. The Balaban J connectivity index is 2.63. The first-order chi connectivity index (χ1) is 6.24. The summed E-state index contributed by atoms with van der Waals surface area (Å²) < 4.78 is 9.66. The van der Waals surface area contributed by atoms with E-state index in [4.69, 9.17) is 4.74 Å². The van der Waals surface area contributed by atoms with Crippen LogP contribution in [-0.2, 0) is 9.53 Å². The Morgan fingerprint density at radius 1 is 1.38 bits per heavy atom. The summed E-state index contributed by atoms with van der Waals surface area (Å²) in [5, 5.41) is 0. The van der Waals surface area contributed by atoms with E-state index in [-0.39, 0.29) is 12.6 Å². The molecule has 0 aliphatic heterocycles. The molecule has 3 nitrogen and oxygen atoms in total. The predicted octanol–water partition coefficient (Wildman–Crippen LogP) is 1.55. The molecule has 0 bridgehead atoms. The molecule has 0 aliphatic carbocycles. The van der Waals surface area contributed by atoms with Gasteiger partial charge in [0.25, 0.3) is 0 Å². The normalized spacial score (nSPS) is 9.69. The van der Waals surface area contributed by atoms with Crippen molar-refractivity contribution in [1.29, 1.82) is 0 Å². The van der Waals surface area contributed by atoms with E-state index in [0.717, 1.165) is 5.56 Å². The largest absolute Gasteiger partial charge is 0.425 e. The van der Waals surface area contributed by atoms with Gasteiger partial charge in [-0.1, -0.05) is 18.2 Å². The van der Waals surface area contributed by atoms with Crippen LogP contribution in [0.2, 0.25) is 0 Å². The lowest BCUT2D eigenvalue weighted by Crippen LogP contribution is -2.14. The van der Waals surface area contributed by atoms with Crippen molar-refractivity contribution in [3.8, 4) is 5.75 Å². The minimum Gasteiger partial charge on any atom is -0.425 e. The lowest BCUT2D eigenvalue weighted by molar-refractivity contribution is -0.138. The first-order valence-corrected chi connectivity index (χ1v) is 3.99. The Bertz CT molecular complexity index is 294. The van der Waals surface area contributed by atoms with Crippen molar-refractivity contribution in [2.45, 2.75) is 6.92 Å². The van der Waals surface area contributed by atoms with Gasteiger partial charge in [0.1, 0.15) is 12.4 Å². The standard InChI is InChI=1S/C10H12O3/c1-8-5-3-4-6-9(8)13-10(11)7-12-2/h3-6H,7H2,1-2H3. The molecule has 0 atom stereocenters. The summed E-state index contributed by atoms with van der Waals surface area (Å²) in [5.74, 6) is 0.210. The van der Waals surface area contributed by atoms with Gasteiger partial charge < -0.3 is 9.47 Å². The van der Waals surface area contributed by atoms with Gasteiger partial charge in [0, 0.05) is 7.11 Å². The topological polar surface area (TPSA) is 35.5 Å². The fourth-order valence-corrected chi connectivity index (χ4v) is 0.941. The molecule has 0 radical (unpaired) electrons. The van der Waals surface area contributed by atoms with E-state index in [2.05, 4.69) is 4.74 Å². The van der Waals surface area contributed by atoms with Gasteiger partial charge in [0.05, 0.1) is 0 Å². The molecule has 1 aromatic rings. The van der Waals surface area contributed by atoms with Crippen molar-refractivity contribution in [2.75, 3.05) is 13.7 Å². The zero-order valence-corrected chi connectivity index (χ0v) is 7.74. The molecule has 1 aromatic carbocycles. The van der Waals surface area contributed by atoms with Crippen molar-refractivity contribution in [1.82, 2.24) is 0 Å². The molecular formula is C10H12O3. The molecule has 1 rings (SSSR count). The van der Waals surface area contributed by atoms with E-state index in [0.29, 0.717) is 5.75 Å². The number of ether oxygens (including phenoxy) is 2. The fourth-order valence-electron chi connectivity index (χ4n) is 0.941. The van der Waals surface area contributed by atoms with Crippen LogP contribution >= 0.6 is 0 Å². The Hall–Kier alpha value is -1.35. The molecule has 70 valence electrons. The fraction of sp³-hybridized carbons (Fsp3) is 0.300. The van der Waals surface area contributed by atoms with Gasteiger partial charge in [-0.25, -0.2) is 4.79 Å². The number of aryl methyl sites for hydroxylation is 1. The number of hydrogen-bond acceptors (Lipinski definition) is 3. The minimum absolute atomic E-state index is 0.0195. The van der Waals surface area contributed by atoms with Gasteiger partial charge in [-0.15, -0.1) is 0 Å². The number of benzene rings is 1. The van der Waals surface area contributed by atoms with Crippen LogP contribution in [0.25, 0.3) is 0 Å². The maximum atomic E-state index is 11.0. The SMILES string of the molecule is COCC(=O)Oc1ccccc1C. The molecule has 13 heavy (non-hydrogen) atoms. The highest BCUT2D eigenvalue weighted by molar-refractivity contribution is 5.73. The molecule has 0 heterocycles. The van der Waals surface area contributed by atoms with E-state index < -0.39 is 0 Å². The summed E-state index contributed by atoms with van der Waals surface area (Å²) in [6.07, 6.45) is 0. The summed E-state index contributed by atoms with van der Waals surface area (Å²) in [4.78, 5) is 11.0. The number of carbonyl (C=O) groups is 1. The molecule has 0 saturated heterocycles. The molecule has 0 spiro atoms. The summed E-state index contributed by atoms with van der Waals surface area (Å²) in [6.45, 7) is 1.86. The molecule has 0 unspecified atom stereocenters. The third kappa shape index (κ3) is 2.87. The van der Waals surface area contributed by atoms with Crippen LogP contribution in [0.4, 0.5) is 0 Å².